The fourth-order valence-corrected chi connectivity index (χ4v) is 6.50. The number of halogens is 1. The fourth-order valence-electron chi connectivity index (χ4n) is 3.46. The lowest BCUT2D eigenvalue weighted by Crippen LogP contribution is -2.51. The summed E-state index contributed by atoms with van der Waals surface area (Å²) in [6.45, 7) is 4.25. The number of amides is 2. The van der Waals surface area contributed by atoms with Gasteiger partial charge in [-0.25, -0.2) is 9.78 Å². The number of H-pyrrole nitrogens is 1. The van der Waals surface area contributed by atoms with Crippen LogP contribution in [0, 0.1) is 5.92 Å². The predicted octanol–water partition coefficient (Wildman–Crippen LogP) is 4.94. The van der Waals surface area contributed by atoms with Crippen LogP contribution in [0.15, 0.2) is 33.6 Å². The second kappa shape index (κ2) is 8.52. The number of carbonyl (C=O) groups is 2. The number of ether oxygens (including phenoxy) is 1. The first-order chi connectivity index (χ1) is 14.4. The highest BCUT2D eigenvalue weighted by molar-refractivity contribution is 9.10. The Morgan fingerprint density at radius 1 is 1.33 bits per heavy atom. The van der Waals surface area contributed by atoms with Gasteiger partial charge in [0.15, 0.2) is 0 Å². The van der Waals surface area contributed by atoms with E-state index >= 15 is 0 Å². The Labute approximate surface area is 190 Å². The van der Waals surface area contributed by atoms with Crippen LogP contribution in [0.25, 0.3) is 20.7 Å². The van der Waals surface area contributed by atoms with E-state index in [4.69, 9.17) is 4.98 Å². The Morgan fingerprint density at radius 3 is 2.83 bits per heavy atom. The van der Waals surface area contributed by atoms with E-state index in [0.29, 0.717) is 12.4 Å². The van der Waals surface area contributed by atoms with Crippen molar-refractivity contribution >= 4 is 60.0 Å². The molecule has 0 radical (unpaired) electrons. The summed E-state index contributed by atoms with van der Waals surface area (Å²) in [6.07, 6.45) is 5.17. The van der Waals surface area contributed by atoms with E-state index in [2.05, 4.69) is 41.7 Å². The molecule has 3 aromatic heterocycles. The molecule has 0 saturated carbocycles. The summed E-state index contributed by atoms with van der Waals surface area (Å²) in [4.78, 5) is 34.7. The third-order valence-corrected chi connectivity index (χ3v) is 8.37. The van der Waals surface area contributed by atoms with Gasteiger partial charge in [0.25, 0.3) is 0 Å². The number of rotatable bonds is 5. The maximum atomic E-state index is 13.2. The number of alkyl carbamates (subject to hydrolysis) is 1. The number of nitrogens with zero attached hydrogens (tertiary/aromatic N) is 2. The van der Waals surface area contributed by atoms with Crippen LogP contribution in [-0.4, -0.2) is 46.6 Å². The van der Waals surface area contributed by atoms with E-state index in [0.717, 1.165) is 15.7 Å². The molecule has 4 heterocycles. The van der Waals surface area contributed by atoms with Gasteiger partial charge < -0.3 is 19.9 Å². The van der Waals surface area contributed by atoms with Gasteiger partial charge in [0, 0.05) is 33.5 Å². The van der Waals surface area contributed by atoms with Crippen LogP contribution in [-0.2, 0) is 9.53 Å². The molecule has 0 fully saturated rings. The van der Waals surface area contributed by atoms with Crippen molar-refractivity contribution in [1.29, 1.82) is 0 Å². The highest BCUT2D eigenvalue weighted by atomic mass is 79.9. The standard InChI is InChI=1S/C20H21BrN4O3S2/c1-10(2)15(24-20(27)28-3)19(26)25-6-4-5-14(25)18-22-7-13(23-18)11-8-29-17-12(21)9-30-16(11)17/h4-5,7-10,14-15H,6H2,1-3H3,(H,22,23)(H,24,27)/t14?,15-/m0/s1. The number of hydrogen-bond acceptors (Lipinski definition) is 6. The molecular formula is C20H21BrN4O3S2. The lowest BCUT2D eigenvalue weighted by Gasteiger charge is -2.29. The quantitative estimate of drug-likeness (QED) is 0.478. The third-order valence-electron chi connectivity index (χ3n) is 5.03. The maximum absolute atomic E-state index is 13.2. The molecule has 1 aliphatic heterocycles. The molecule has 2 amide bonds. The van der Waals surface area contributed by atoms with Crippen molar-refractivity contribution in [1.82, 2.24) is 20.2 Å². The van der Waals surface area contributed by atoms with Crippen LogP contribution in [0.1, 0.15) is 25.7 Å². The number of thiophene rings is 2. The Morgan fingerprint density at radius 2 is 2.10 bits per heavy atom. The van der Waals surface area contributed by atoms with Gasteiger partial charge in [-0.2, -0.15) is 0 Å². The fraction of sp³-hybridized carbons (Fsp3) is 0.350. The van der Waals surface area contributed by atoms with Gasteiger partial charge >= 0.3 is 6.09 Å². The van der Waals surface area contributed by atoms with Gasteiger partial charge in [0.2, 0.25) is 5.91 Å². The number of aromatic amines is 1. The van der Waals surface area contributed by atoms with Crippen LogP contribution in [0.3, 0.4) is 0 Å². The Kier molecular flexibility index (Phi) is 5.99. The number of nitrogens with one attached hydrogen (secondary N) is 2. The molecule has 3 aromatic rings. The van der Waals surface area contributed by atoms with E-state index in [1.807, 2.05) is 32.2 Å². The van der Waals surface area contributed by atoms with Gasteiger partial charge in [-0.3, -0.25) is 4.79 Å². The molecule has 1 unspecified atom stereocenters. The molecule has 2 atom stereocenters. The SMILES string of the molecule is COC(=O)N[C@H](C(=O)N1CC=CC1c1nc(-c2csc3c(Br)csc23)c[nH]1)C(C)C. The predicted molar refractivity (Wildman–Crippen MR) is 123 cm³/mol. The molecular weight excluding hydrogens is 488 g/mol. The lowest BCUT2D eigenvalue weighted by atomic mass is 10.0. The molecule has 30 heavy (non-hydrogen) atoms. The summed E-state index contributed by atoms with van der Waals surface area (Å²) in [5, 5.41) is 6.84. The van der Waals surface area contributed by atoms with Crippen molar-refractivity contribution in [2.24, 2.45) is 5.92 Å². The van der Waals surface area contributed by atoms with Crippen molar-refractivity contribution in [2.45, 2.75) is 25.9 Å². The molecule has 10 heteroatoms. The number of fused-ring (bicyclic) bond motifs is 1. The number of aromatic nitrogens is 2. The topological polar surface area (TPSA) is 87.3 Å². The Bertz CT molecular complexity index is 1120. The summed E-state index contributed by atoms with van der Waals surface area (Å²) in [5.41, 5.74) is 1.94. The van der Waals surface area contributed by atoms with E-state index < -0.39 is 12.1 Å². The van der Waals surface area contributed by atoms with E-state index in [-0.39, 0.29) is 17.9 Å². The molecule has 0 aliphatic carbocycles. The number of imidazole rings is 1. The first-order valence-corrected chi connectivity index (χ1v) is 12.0. The average Bonchev–Trinajstić information content (AvgIpc) is 3.49. The lowest BCUT2D eigenvalue weighted by molar-refractivity contribution is -0.135. The van der Waals surface area contributed by atoms with Gasteiger partial charge in [-0.05, 0) is 21.8 Å². The zero-order chi connectivity index (χ0) is 21.4. The largest absolute Gasteiger partial charge is 0.453 e. The number of carbonyl (C=O) groups excluding carboxylic acids is 2. The van der Waals surface area contributed by atoms with Crippen molar-refractivity contribution < 1.29 is 14.3 Å². The van der Waals surface area contributed by atoms with Crippen LogP contribution < -0.4 is 5.32 Å². The minimum Gasteiger partial charge on any atom is -0.453 e. The van der Waals surface area contributed by atoms with Gasteiger partial charge in [0.1, 0.15) is 17.9 Å². The number of hydrogen-bond donors (Lipinski definition) is 2. The van der Waals surface area contributed by atoms with Crippen molar-refractivity contribution in [2.75, 3.05) is 13.7 Å². The van der Waals surface area contributed by atoms with Crippen molar-refractivity contribution in [3.63, 3.8) is 0 Å². The molecule has 2 N–H and O–H groups in total. The van der Waals surface area contributed by atoms with Gasteiger partial charge in [-0.1, -0.05) is 26.0 Å². The van der Waals surface area contributed by atoms with E-state index in [1.165, 1.54) is 16.5 Å². The average molecular weight is 509 g/mol. The van der Waals surface area contributed by atoms with Gasteiger partial charge in [-0.15, -0.1) is 22.7 Å². The third kappa shape index (κ3) is 3.79. The molecule has 0 aromatic carbocycles. The number of methoxy groups -OCH3 is 1. The van der Waals surface area contributed by atoms with Crippen LogP contribution >= 0.6 is 38.6 Å². The zero-order valence-electron chi connectivity index (χ0n) is 16.6. The molecule has 0 bridgehead atoms. The zero-order valence-corrected chi connectivity index (χ0v) is 19.9. The van der Waals surface area contributed by atoms with Crippen LogP contribution in [0.2, 0.25) is 0 Å². The molecule has 158 valence electrons. The molecule has 0 saturated heterocycles. The monoisotopic (exact) mass is 508 g/mol. The molecule has 1 aliphatic rings. The Balaban J connectivity index is 1.58. The normalized spacial score (nSPS) is 17.1. The van der Waals surface area contributed by atoms with Crippen molar-refractivity contribution in [3.05, 3.63) is 39.4 Å². The first-order valence-electron chi connectivity index (χ1n) is 9.42. The van der Waals surface area contributed by atoms with Gasteiger partial charge in [0.05, 0.1) is 22.2 Å². The molecule has 0 spiro atoms. The summed E-state index contributed by atoms with van der Waals surface area (Å²) in [7, 11) is 1.29. The van der Waals surface area contributed by atoms with E-state index in [9.17, 15) is 9.59 Å². The van der Waals surface area contributed by atoms with Crippen LogP contribution in [0.4, 0.5) is 4.79 Å². The van der Waals surface area contributed by atoms with Crippen LogP contribution in [0.5, 0.6) is 0 Å². The second-order valence-electron chi connectivity index (χ2n) is 7.28. The summed E-state index contributed by atoms with van der Waals surface area (Å²) in [6, 6.07) is -0.981. The minimum absolute atomic E-state index is 0.0821. The maximum Gasteiger partial charge on any atom is 0.407 e. The highest BCUT2D eigenvalue weighted by Crippen LogP contribution is 2.42. The highest BCUT2D eigenvalue weighted by Gasteiger charge is 2.35. The molecule has 4 rings (SSSR count). The second-order valence-corrected chi connectivity index (χ2v) is 9.90. The van der Waals surface area contributed by atoms with Crippen molar-refractivity contribution in [3.8, 4) is 11.3 Å². The van der Waals surface area contributed by atoms with E-state index in [1.54, 1.807) is 27.6 Å². The smallest absolute Gasteiger partial charge is 0.407 e. The summed E-state index contributed by atoms with van der Waals surface area (Å²) < 4.78 is 8.19. The first kappa shape index (κ1) is 21.1. The molecule has 7 nitrogen and oxygen atoms in total. The minimum atomic E-state index is -0.672. The Hall–Kier alpha value is -2.17. The summed E-state index contributed by atoms with van der Waals surface area (Å²) in [5.74, 6) is 0.451. The summed E-state index contributed by atoms with van der Waals surface area (Å²) >= 11 is 6.95.